The number of esters is 1. The zero-order valence-electron chi connectivity index (χ0n) is 12.9. The van der Waals surface area contributed by atoms with E-state index >= 15 is 0 Å². The predicted molar refractivity (Wildman–Crippen MR) is 81.7 cm³/mol. The molecule has 4 nitrogen and oxygen atoms in total. The number of Topliss-reactive ketones (excluding diaryl/α,β-unsaturated/α-hetero) is 1. The molecular formula is C18H13F3O4. The Bertz CT molecular complexity index is 810. The molecule has 1 heterocycles. The number of ketones is 1. The number of ether oxygens (including phenoxy) is 2. The van der Waals surface area contributed by atoms with Gasteiger partial charge in [0.25, 0.3) is 0 Å². The molecule has 0 spiro atoms. The van der Waals surface area contributed by atoms with Gasteiger partial charge in [0, 0.05) is 12.0 Å². The Hall–Kier alpha value is -2.83. The molecule has 2 aromatic carbocycles. The summed E-state index contributed by atoms with van der Waals surface area (Å²) in [5, 5.41) is 0. The SMILES string of the molecule is O=C(COC(=O)c1ccc(C(F)(F)F)cc1)c1ccc2c(c1)CCO2. The van der Waals surface area contributed by atoms with Gasteiger partial charge in [-0.15, -0.1) is 0 Å². The lowest BCUT2D eigenvalue weighted by atomic mass is 10.1. The van der Waals surface area contributed by atoms with Crippen LogP contribution in [-0.2, 0) is 17.3 Å². The van der Waals surface area contributed by atoms with E-state index in [0.29, 0.717) is 18.6 Å². The van der Waals surface area contributed by atoms with Gasteiger partial charge in [-0.2, -0.15) is 13.2 Å². The molecule has 0 saturated heterocycles. The molecule has 2 aromatic rings. The van der Waals surface area contributed by atoms with Gasteiger partial charge in [0.2, 0.25) is 0 Å². The summed E-state index contributed by atoms with van der Waals surface area (Å²) in [6.07, 6.45) is -3.77. The molecule has 1 aliphatic heterocycles. The molecule has 0 saturated carbocycles. The minimum absolute atomic E-state index is 0.0526. The van der Waals surface area contributed by atoms with E-state index in [2.05, 4.69) is 0 Å². The number of hydrogen-bond acceptors (Lipinski definition) is 4. The number of rotatable bonds is 4. The van der Waals surface area contributed by atoms with Crippen LogP contribution in [0.1, 0.15) is 31.8 Å². The van der Waals surface area contributed by atoms with Crippen molar-refractivity contribution in [3.63, 3.8) is 0 Å². The number of hydrogen-bond donors (Lipinski definition) is 0. The van der Waals surface area contributed by atoms with Crippen LogP contribution in [0.2, 0.25) is 0 Å². The van der Waals surface area contributed by atoms with Gasteiger partial charge in [0.05, 0.1) is 17.7 Å². The van der Waals surface area contributed by atoms with Crippen molar-refractivity contribution >= 4 is 11.8 Å². The first kappa shape index (κ1) is 17.0. The highest BCUT2D eigenvalue weighted by atomic mass is 19.4. The van der Waals surface area contributed by atoms with Crippen LogP contribution in [0.25, 0.3) is 0 Å². The van der Waals surface area contributed by atoms with E-state index in [1.807, 2.05) is 0 Å². The molecule has 0 fully saturated rings. The molecular weight excluding hydrogens is 337 g/mol. The van der Waals surface area contributed by atoms with Crippen molar-refractivity contribution in [2.24, 2.45) is 0 Å². The van der Waals surface area contributed by atoms with Crippen LogP contribution in [0.15, 0.2) is 42.5 Å². The molecule has 0 atom stereocenters. The Kier molecular flexibility index (Phi) is 4.48. The molecule has 0 unspecified atom stereocenters. The highest BCUT2D eigenvalue weighted by Gasteiger charge is 2.30. The number of halogens is 3. The second-order valence-corrected chi connectivity index (χ2v) is 5.50. The summed E-state index contributed by atoms with van der Waals surface area (Å²) in [5.74, 6) is -0.514. The Balaban J connectivity index is 1.61. The molecule has 0 N–H and O–H groups in total. The zero-order valence-corrected chi connectivity index (χ0v) is 12.9. The Labute approximate surface area is 141 Å². The van der Waals surface area contributed by atoms with E-state index in [4.69, 9.17) is 9.47 Å². The largest absolute Gasteiger partial charge is 0.493 e. The fraction of sp³-hybridized carbons (Fsp3) is 0.222. The Morgan fingerprint density at radius 1 is 1.04 bits per heavy atom. The van der Waals surface area contributed by atoms with E-state index in [1.165, 1.54) is 0 Å². The average Bonchev–Trinajstić information content (AvgIpc) is 3.06. The Morgan fingerprint density at radius 2 is 1.72 bits per heavy atom. The third kappa shape index (κ3) is 3.81. The zero-order chi connectivity index (χ0) is 18.0. The minimum Gasteiger partial charge on any atom is -0.493 e. The summed E-state index contributed by atoms with van der Waals surface area (Å²) < 4.78 is 47.7. The lowest BCUT2D eigenvalue weighted by Gasteiger charge is -2.08. The van der Waals surface area contributed by atoms with E-state index in [-0.39, 0.29) is 5.56 Å². The van der Waals surface area contributed by atoms with Gasteiger partial charge in [-0.05, 0) is 48.0 Å². The standard InChI is InChI=1S/C18H13F3O4/c19-18(20,21)14-4-1-11(2-5-14)17(23)25-10-15(22)12-3-6-16-13(9-12)7-8-24-16/h1-6,9H,7-8,10H2. The number of carbonyl (C=O) groups excluding carboxylic acids is 2. The van der Waals surface area contributed by atoms with Gasteiger partial charge in [0.1, 0.15) is 5.75 Å². The molecule has 0 radical (unpaired) electrons. The summed E-state index contributed by atoms with van der Waals surface area (Å²) in [6.45, 7) is 0.0788. The topological polar surface area (TPSA) is 52.6 Å². The third-order valence-electron chi connectivity index (χ3n) is 3.79. The van der Waals surface area contributed by atoms with Crippen LogP contribution in [0, 0.1) is 0 Å². The maximum Gasteiger partial charge on any atom is 0.416 e. The number of benzene rings is 2. The highest BCUT2D eigenvalue weighted by Crippen LogP contribution is 2.29. The van der Waals surface area contributed by atoms with Gasteiger partial charge >= 0.3 is 12.1 Å². The van der Waals surface area contributed by atoms with Crippen molar-refractivity contribution in [3.05, 3.63) is 64.7 Å². The first-order valence-corrected chi connectivity index (χ1v) is 7.48. The van der Waals surface area contributed by atoms with Gasteiger partial charge in [0.15, 0.2) is 12.4 Å². The lowest BCUT2D eigenvalue weighted by Crippen LogP contribution is -2.14. The van der Waals surface area contributed by atoms with Crippen LogP contribution in [0.4, 0.5) is 13.2 Å². The molecule has 3 rings (SSSR count). The Morgan fingerprint density at radius 3 is 2.40 bits per heavy atom. The maximum atomic E-state index is 12.5. The van der Waals surface area contributed by atoms with Gasteiger partial charge in [-0.25, -0.2) is 4.79 Å². The normalized spacial score (nSPS) is 13.1. The molecule has 0 aromatic heterocycles. The third-order valence-corrected chi connectivity index (χ3v) is 3.79. The number of alkyl halides is 3. The molecule has 0 bridgehead atoms. The summed E-state index contributed by atoms with van der Waals surface area (Å²) in [7, 11) is 0. The number of carbonyl (C=O) groups is 2. The average molecular weight is 350 g/mol. The quantitative estimate of drug-likeness (QED) is 0.624. The van der Waals surface area contributed by atoms with Crippen molar-refractivity contribution < 1.29 is 32.2 Å². The van der Waals surface area contributed by atoms with Gasteiger partial charge < -0.3 is 9.47 Å². The maximum absolute atomic E-state index is 12.5. The summed E-state index contributed by atoms with van der Waals surface area (Å²) in [4.78, 5) is 24.0. The van der Waals surface area contributed by atoms with Gasteiger partial charge in [-0.1, -0.05) is 0 Å². The molecule has 0 aliphatic carbocycles. The van der Waals surface area contributed by atoms with Crippen molar-refractivity contribution in [2.75, 3.05) is 13.2 Å². The monoisotopic (exact) mass is 350 g/mol. The van der Waals surface area contributed by atoms with Crippen LogP contribution in [0.5, 0.6) is 5.75 Å². The molecule has 1 aliphatic rings. The van der Waals surface area contributed by atoms with Crippen molar-refractivity contribution in [1.29, 1.82) is 0 Å². The van der Waals surface area contributed by atoms with Crippen LogP contribution in [-0.4, -0.2) is 25.0 Å². The van der Waals surface area contributed by atoms with Crippen LogP contribution >= 0.6 is 0 Å². The van der Waals surface area contributed by atoms with Gasteiger partial charge in [-0.3, -0.25) is 4.79 Å². The van der Waals surface area contributed by atoms with E-state index in [1.54, 1.807) is 18.2 Å². The summed E-state index contributed by atoms with van der Waals surface area (Å²) in [5.41, 5.74) is 0.396. The van der Waals surface area contributed by atoms with Crippen LogP contribution < -0.4 is 4.74 Å². The second kappa shape index (κ2) is 6.58. The highest BCUT2D eigenvalue weighted by molar-refractivity contribution is 5.99. The molecule has 7 heteroatoms. The molecule has 130 valence electrons. The predicted octanol–water partition coefficient (Wildman–Crippen LogP) is 3.68. The lowest BCUT2D eigenvalue weighted by molar-refractivity contribution is -0.137. The smallest absolute Gasteiger partial charge is 0.416 e. The van der Waals surface area contributed by atoms with E-state index in [0.717, 1.165) is 35.6 Å². The minimum atomic E-state index is -4.48. The van der Waals surface area contributed by atoms with Crippen molar-refractivity contribution in [1.82, 2.24) is 0 Å². The first-order chi connectivity index (χ1) is 11.8. The number of fused-ring (bicyclic) bond motifs is 1. The molecule has 25 heavy (non-hydrogen) atoms. The summed E-state index contributed by atoms with van der Waals surface area (Å²) >= 11 is 0. The second-order valence-electron chi connectivity index (χ2n) is 5.50. The van der Waals surface area contributed by atoms with Crippen molar-refractivity contribution in [2.45, 2.75) is 12.6 Å². The fourth-order valence-corrected chi connectivity index (χ4v) is 2.45. The van der Waals surface area contributed by atoms with E-state index in [9.17, 15) is 22.8 Å². The van der Waals surface area contributed by atoms with E-state index < -0.39 is 30.1 Å². The van der Waals surface area contributed by atoms with Crippen LogP contribution in [0.3, 0.4) is 0 Å². The van der Waals surface area contributed by atoms with Crippen molar-refractivity contribution in [3.8, 4) is 5.75 Å². The molecule has 0 amide bonds. The fourth-order valence-electron chi connectivity index (χ4n) is 2.45. The first-order valence-electron chi connectivity index (χ1n) is 7.48. The summed E-state index contributed by atoms with van der Waals surface area (Å²) in [6, 6.07) is 8.57.